The second-order valence-electron chi connectivity index (χ2n) is 6.52. The van der Waals surface area contributed by atoms with Crippen molar-refractivity contribution in [3.63, 3.8) is 0 Å². The minimum Gasteiger partial charge on any atom is -0.496 e. The number of aryl methyl sites for hydroxylation is 3. The molecule has 0 bridgehead atoms. The van der Waals surface area contributed by atoms with E-state index in [1.807, 2.05) is 11.7 Å². The van der Waals surface area contributed by atoms with Crippen molar-refractivity contribution in [2.45, 2.75) is 26.9 Å². The minimum absolute atomic E-state index is 0.778. The highest BCUT2D eigenvalue weighted by Crippen LogP contribution is 2.24. The Labute approximate surface area is 149 Å². The number of morpholine rings is 1. The van der Waals surface area contributed by atoms with Crippen LogP contribution < -0.4 is 15.0 Å². The van der Waals surface area contributed by atoms with Crippen LogP contribution in [0, 0.1) is 13.8 Å². The molecule has 3 rings (SSSR count). The van der Waals surface area contributed by atoms with Crippen LogP contribution in [0.5, 0.6) is 5.75 Å². The van der Waals surface area contributed by atoms with Crippen LogP contribution in [-0.4, -0.2) is 43.2 Å². The summed E-state index contributed by atoms with van der Waals surface area (Å²) in [7, 11) is 3.74. The maximum atomic E-state index is 5.48. The molecule has 1 aromatic heterocycles. The van der Waals surface area contributed by atoms with Crippen LogP contribution in [0.3, 0.4) is 0 Å². The van der Waals surface area contributed by atoms with Gasteiger partial charge in [-0.2, -0.15) is 5.10 Å². The van der Waals surface area contributed by atoms with Gasteiger partial charge in [-0.15, -0.1) is 0 Å². The van der Waals surface area contributed by atoms with Crippen molar-refractivity contribution >= 4 is 5.82 Å². The number of ether oxygens (including phenoxy) is 2. The molecule has 0 atom stereocenters. The molecule has 25 heavy (non-hydrogen) atoms. The van der Waals surface area contributed by atoms with Gasteiger partial charge in [0.15, 0.2) is 0 Å². The van der Waals surface area contributed by atoms with Gasteiger partial charge >= 0.3 is 0 Å². The van der Waals surface area contributed by atoms with E-state index in [4.69, 9.17) is 9.47 Å². The Morgan fingerprint density at radius 2 is 1.96 bits per heavy atom. The second kappa shape index (κ2) is 7.89. The number of nitrogens with zero attached hydrogens (tertiary/aromatic N) is 3. The van der Waals surface area contributed by atoms with Crippen LogP contribution in [0.4, 0.5) is 5.82 Å². The summed E-state index contributed by atoms with van der Waals surface area (Å²) < 4.78 is 12.9. The van der Waals surface area contributed by atoms with Crippen molar-refractivity contribution in [1.29, 1.82) is 0 Å². The topological polar surface area (TPSA) is 51.5 Å². The Kier molecular flexibility index (Phi) is 5.60. The van der Waals surface area contributed by atoms with E-state index in [9.17, 15) is 0 Å². The predicted molar refractivity (Wildman–Crippen MR) is 99.3 cm³/mol. The van der Waals surface area contributed by atoms with Gasteiger partial charge in [0.25, 0.3) is 0 Å². The molecule has 1 fully saturated rings. The molecule has 0 spiro atoms. The van der Waals surface area contributed by atoms with Crippen LogP contribution >= 0.6 is 0 Å². The molecule has 1 saturated heterocycles. The Morgan fingerprint density at radius 1 is 1.20 bits per heavy atom. The third kappa shape index (κ3) is 3.96. The highest BCUT2D eigenvalue weighted by Gasteiger charge is 2.21. The third-order valence-electron chi connectivity index (χ3n) is 4.73. The first-order valence-electron chi connectivity index (χ1n) is 8.79. The lowest BCUT2D eigenvalue weighted by atomic mass is 10.1. The normalized spacial score (nSPS) is 14.8. The van der Waals surface area contributed by atoms with Crippen LogP contribution in [0.15, 0.2) is 18.2 Å². The highest BCUT2D eigenvalue weighted by molar-refractivity contribution is 5.50. The number of benzene rings is 1. The van der Waals surface area contributed by atoms with Crippen molar-refractivity contribution in [1.82, 2.24) is 15.1 Å². The number of aromatic nitrogens is 2. The van der Waals surface area contributed by atoms with E-state index < -0.39 is 0 Å². The summed E-state index contributed by atoms with van der Waals surface area (Å²) in [6.07, 6.45) is 0. The van der Waals surface area contributed by atoms with Crippen molar-refractivity contribution in [2.75, 3.05) is 38.3 Å². The second-order valence-corrected chi connectivity index (χ2v) is 6.52. The van der Waals surface area contributed by atoms with Gasteiger partial charge < -0.3 is 19.7 Å². The third-order valence-corrected chi connectivity index (χ3v) is 4.73. The summed E-state index contributed by atoms with van der Waals surface area (Å²) in [6.45, 7) is 9.12. The predicted octanol–water partition coefficient (Wildman–Crippen LogP) is 2.17. The standard InChI is InChI=1S/C19H28N4O2/c1-14-5-6-16(11-18(14)24-4)12-20-13-17-15(2)21-22(3)19(17)23-7-9-25-10-8-23/h5-6,11,20H,7-10,12-13H2,1-4H3. The Balaban J connectivity index is 1.69. The minimum atomic E-state index is 0.778. The average Bonchev–Trinajstić information content (AvgIpc) is 2.90. The summed E-state index contributed by atoms with van der Waals surface area (Å²) in [5.41, 5.74) is 4.72. The fraction of sp³-hybridized carbons (Fsp3) is 0.526. The molecule has 1 aromatic carbocycles. The summed E-state index contributed by atoms with van der Waals surface area (Å²) in [5.74, 6) is 2.14. The molecule has 2 aromatic rings. The lowest BCUT2D eigenvalue weighted by Crippen LogP contribution is -2.38. The maximum absolute atomic E-state index is 5.48. The lowest BCUT2D eigenvalue weighted by molar-refractivity contribution is 0.122. The van der Waals surface area contributed by atoms with Gasteiger partial charge in [0, 0.05) is 38.8 Å². The van der Waals surface area contributed by atoms with Crippen molar-refractivity contribution in [3.05, 3.63) is 40.6 Å². The largest absolute Gasteiger partial charge is 0.496 e. The fourth-order valence-electron chi connectivity index (χ4n) is 3.37. The first kappa shape index (κ1) is 17.8. The molecule has 2 heterocycles. The van der Waals surface area contributed by atoms with Gasteiger partial charge in [-0.05, 0) is 31.0 Å². The number of hydrogen-bond acceptors (Lipinski definition) is 5. The lowest BCUT2D eigenvalue weighted by Gasteiger charge is -2.29. The molecule has 1 aliphatic rings. The summed E-state index contributed by atoms with van der Waals surface area (Å²) in [6, 6.07) is 6.34. The summed E-state index contributed by atoms with van der Waals surface area (Å²) in [4.78, 5) is 2.37. The van der Waals surface area contributed by atoms with E-state index in [0.717, 1.165) is 56.4 Å². The van der Waals surface area contributed by atoms with Crippen LogP contribution in [-0.2, 0) is 24.9 Å². The van der Waals surface area contributed by atoms with E-state index in [2.05, 4.69) is 47.4 Å². The van der Waals surface area contributed by atoms with Crippen molar-refractivity contribution in [3.8, 4) is 5.75 Å². The molecular formula is C19H28N4O2. The molecule has 0 radical (unpaired) electrons. The van der Waals surface area contributed by atoms with Gasteiger partial charge in [0.05, 0.1) is 26.0 Å². The van der Waals surface area contributed by atoms with Crippen LogP contribution in [0.1, 0.15) is 22.4 Å². The number of methoxy groups -OCH3 is 1. The molecular weight excluding hydrogens is 316 g/mol. The molecule has 0 saturated carbocycles. The first-order chi connectivity index (χ1) is 12.1. The molecule has 1 aliphatic heterocycles. The smallest absolute Gasteiger partial charge is 0.131 e. The Morgan fingerprint density at radius 3 is 2.68 bits per heavy atom. The Bertz CT molecular complexity index is 720. The van der Waals surface area contributed by atoms with Gasteiger partial charge in [0.1, 0.15) is 11.6 Å². The van der Waals surface area contributed by atoms with E-state index in [1.54, 1.807) is 7.11 Å². The zero-order valence-corrected chi connectivity index (χ0v) is 15.6. The molecule has 0 unspecified atom stereocenters. The number of nitrogens with one attached hydrogen (secondary N) is 1. The highest BCUT2D eigenvalue weighted by atomic mass is 16.5. The van der Waals surface area contributed by atoms with Gasteiger partial charge in [0.2, 0.25) is 0 Å². The quantitative estimate of drug-likeness (QED) is 0.870. The van der Waals surface area contributed by atoms with Crippen LogP contribution in [0.25, 0.3) is 0 Å². The monoisotopic (exact) mass is 344 g/mol. The van der Waals surface area contributed by atoms with Gasteiger partial charge in [-0.25, -0.2) is 0 Å². The zero-order valence-electron chi connectivity index (χ0n) is 15.6. The number of rotatable bonds is 6. The fourth-order valence-corrected chi connectivity index (χ4v) is 3.37. The van der Waals surface area contributed by atoms with Gasteiger partial charge in [-0.3, -0.25) is 4.68 Å². The van der Waals surface area contributed by atoms with E-state index in [0.29, 0.717) is 0 Å². The van der Waals surface area contributed by atoms with Crippen molar-refractivity contribution in [2.24, 2.45) is 7.05 Å². The van der Waals surface area contributed by atoms with E-state index >= 15 is 0 Å². The molecule has 0 aliphatic carbocycles. The summed E-state index contributed by atoms with van der Waals surface area (Å²) in [5, 5.41) is 8.18. The molecule has 1 N–H and O–H groups in total. The van der Waals surface area contributed by atoms with E-state index in [-0.39, 0.29) is 0 Å². The molecule has 6 nitrogen and oxygen atoms in total. The molecule has 0 amide bonds. The number of hydrogen-bond donors (Lipinski definition) is 1. The first-order valence-corrected chi connectivity index (χ1v) is 8.79. The van der Waals surface area contributed by atoms with Crippen LogP contribution in [0.2, 0.25) is 0 Å². The zero-order chi connectivity index (χ0) is 17.8. The van der Waals surface area contributed by atoms with Crippen molar-refractivity contribution < 1.29 is 9.47 Å². The van der Waals surface area contributed by atoms with Gasteiger partial charge in [-0.1, -0.05) is 12.1 Å². The average molecular weight is 344 g/mol. The Hall–Kier alpha value is -2.05. The summed E-state index contributed by atoms with van der Waals surface area (Å²) >= 11 is 0. The maximum Gasteiger partial charge on any atom is 0.131 e. The molecule has 136 valence electrons. The number of anilines is 1. The van der Waals surface area contributed by atoms with E-state index in [1.165, 1.54) is 16.9 Å². The molecule has 6 heteroatoms. The SMILES string of the molecule is COc1cc(CNCc2c(C)nn(C)c2N2CCOCC2)ccc1C.